The number of carbonyl (C=O) groups is 2. The Bertz CT molecular complexity index is 2150. The maximum absolute atomic E-state index is 11.6. The number of carboxylic acid groups (broad SMARTS) is 1. The van der Waals surface area contributed by atoms with Crippen molar-refractivity contribution in [2.45, 2.75) is 58.2 Å². The molecular formula is C39H41Cl2N7O4S. The lowest BCUT2D eigenvalue weighted by molar-refractivity contribution is -0.138. The summed E-state index contributed by atoms with van der Waals surface area (Å²) in [5.74, 6) is 0.734. The number of likely N-dealkylation sites (tertiary alicyclic amines) is 1. The first kappa shape index (κ1) is 37.0. The van der Waals surface area contributed by atoms with Crippen molar-refractivity contribution >= 4 is 68.1 Å². The van der Waals surface area contributed by atoms with Gasteiger partial charge in [0.05, 0.1) is 39.8 Å². The maximum atomic E-state index is 11.6. The van der Waals surface area contributed by atoms with Crippen molar-refractivity contribution < 1.29 is 19.4 Å². The van der Waals surface area contributed by atoms with Crippen LogP contribution in [-0.2, 0) is 22.7 Å². The fraction of sp³-hybridized carbons (Fsp3) is 0.359. The Kier molecular flexibility index (Phi) is 11.4. The zero-order chi connectivity index (χ0) is 37.1. The van der Waals surface area contributed by atoms with Gasteiger partial charge in [-0.25, -0.2) is 15.0 Å². The zero-order valence-electron chi connectivity index (χ0n) is 29.5. The summed E-state index contributed by atoms with van der Waals surface area (Å²) >= 11 is 15.9. The Morgan fingerprint density at radius 3 is 2.55 bits per heavy atom. The largest absolute Gasteiger partial charge is 0.481 e. The summed E-state index contributed by atoms with van der Waals surface area (Å²) in [5.41, 5.74) is 6.35. The van der Waals surface area contributed by atoms with Gasteiger partial charge in [-0.2, -0.15) is 0 Å². The quantitative estimate of drug-likeness (QED) is 0.0935. The number of methoxy groups -OCH3 is 1. The highest BCUT2D eigenvalue weighted by Gasteiger charge is 2.24. The van der Waals surface area contributed by atoms with Crippen LogP contribution in [0.3, 0.4) is 0 Å². The van der Waals surface area contributed by atoms with E-state index in [-0.39, 0.29) is 24.3 Å². The number of aryl methyl sites for hydroxylation is 1. The third kappa shape index (κ3) is 8.42. The van der Waals surface area contributed by atoms with Gasteiger partial charge < -0.3 is 25.8 Å². The number of rotatable bonds is 13. The van der Waals surface area contributed by atoms with Crippen molar-refractivity contribution in [2.24, 2.45) is 5.92 Å². The second-order valence-corrected chi connectivity index (χ2v) is 15.5. The second kappa shape index (κ2) is 16.4. The molecule has 1 atom stereocenters. The molecule has 2 aromatic carbocycles. The number of piperidine rings is 1. The number of thiazole rings is 1. The smallest absolute Gasteiger partial charge is 0.303 e. The Morgan fingerprint density at radius 2 is 1.81 bits per heavy atom. The number of hydrogen-bond acceptors (Lipinski definition) is 10. The van der Waals surface area contributed by atoms with Crippen molar-refractivity contribution in [1.29, 1.82) is 0 Å². The van der Waals surface area contributed by atoms with E-state index in [1.54, 1.807) is 24.6 Å². The summed E-state index contributed by atoms with van der Waals surface area (Å²) in [6.07, 6.45) is 5.16. The second-order valence-electron chi connectivity index (χ2n) is 13.6. The molecule has 2 saturated heterocycles. The molecule has 5 heterocycles. The molecule has 53 heavy (non-hydrogen) atoms. The van der Waals surface area contributed by atoms with Crippen LogP contribution in [0.4, 0.5) is 11.5 Å². The summed E-state index contributed by atoms with van der Waals surface area (Å²) in [4.78, 5) is 39.5. The molecule has 14 heteroatoms. The number of benzene rings is 2. The molecule has 2 aliphatic rings. The fourth-order valence-electron chi connectivity index (χ4n) is 7.14. The number of anilines is 2. The molecular weight excluding hydrogens is 733 g/mol. The molecule has 2 fully saturated rings. The average molecular weight is 775 g/mol. The van der Waals surface area contributed by atoms with Crippen LogP contribution in [0.2, 0.25) is 10.0 Å². The number of nitrogens with one attached hydrogen (secondary N) is 3. The van der Waals surface area contributed by atoms with Gasteiger partial charge in [-0.15, -0.1) is 11.3 Å². The van der Waals surface area contributed by atoms with Crippen molar-refractivity contribution in [3.8, 4) is 28.3 Å². The van der Waals surface area contributed by atoms with Crippen LogP contribution >= 0.6 is 34.5 Å². The van der Waals surface area contributed by atoms with Gasteiger partial charge in [0.1, 0.15) is 10.5 Å². The topological polar surface area (TPSA) is 142 Å². The van der Waals surface area contributed by atoms with E-state index in [2.05, 4.69) is 25.8 Å². The molecule has 11 nitrogen and oxygen atoms in total. The Hall–Kier alpha value is -4.33. The highest BCUT2D eigenvalue weighted by molar-refractivity contribution is 7.18. The van der Waals surface area contributed by atoms with Gasteiger partial charge in [-0.1, -0.05) is 53.5 Å². The number of halogens is 2. The van der Waals surface area contributed by atoms with E-state index in [9.17, 15) is 9.59 Å². The number of carboxylic acids is 1. The predicted molar refractivity (Wildman–Crippen MR) is 210 cm³/mol. The van der Waals surface area contributed by atoms with Crippen LogP contribution in [0.1, 0.15) is 48.2 Å². The van der Waals surface area contributed by atoms with Crippen LogP contribution in [0.25, 0.3) is 32.6 Å². The number of carbonyl (C=O) groups excluding carboxylic acids is 1. The normalized spacial score (nSPS) is 16.6. The maximum Gasteiger partial charge on any atom is 0.303 e. The number of aromatic nitrogens is 3. The van der Waals surface area contributed by atoms with E-state index in [0.29, 0.717) is 59.2 Å². The van der Waals surface area contributed by atoms with Gasteiger partial charge in [0.15, 0.2) is 5.82 Å². The molecule has 0 aliphatic carbocycles. The Morgan fingerprint density at radius 1 is 1.06 bits per heavy atom. The van der Waals surface area contributed by atoms with E-state index in [4.69, 9.17) is 43.0 Å². The molecule has 3 aromatic heterocycles. The van der Waals surface area contributed by atoms with Crippen LogP contribution in [0.5, 0.6) is 5.88 Å². The van der Waals surface area contributed by atoms with E-state index in [1.165, 1.54) is 0 Å². The van der Waals surface area contributed by atoms with Crippen LogP contribution in [-0.4, -0.2) is 69.6 Å². The van der Waals surface area contributed by atoms with Gasteiger partial charge in [0.2, 0.25) is 11.8 Å². The standard InChI is InChI=1S/C39H41Cl2N7O4S/c1-22-17-30(46-39(52-2)28(22)20-42-19-24-9-10-32(49)44-24)27-7-3-5-25(35(27)40)26-6-4-8-29(36(26)41)45-38-37-31(11-14-43-38)53-33(47-37)21-48-15-12-23(13-16-48)18-34(50)51/h3-8,11,14,17,23-24,42H,9-10,12-13,15-16,18-21H2,1-2H3,(H,43,45)(H,44,49)(H,50,51)/t24-/m0/s1. The number of amides is 1. The molecule has 4 N–H and O–H groups in total. The van der Waals surface area contributed by atoms with Crippen LogP contribution in [0.15, 0.2) is 54.7 Å². The first-order chi connectivity index (χ1) is 25.7. The summed E-state index contributed by atoms with van der Waals surface area (Å²) in [5, 5.41) is 21.0. The fourth-order valence-corrected chi connectivity index (χ4v) is 8.75. The molecule has 5 aromatic rings. The first-order valence-corrected chi connectivity index (χ1v) is 19.3. The van der Waals surface area contributed by atoms with Crippen LogP contribution in [0, 0.1) is 12.8 Å². The summed E-state index contributed by atoms with van der Waals surface area (Å²) in [6.45, 7) is 5.69. The minimum absolute atomic E-state index is 0.0975. The number of pyridine rings is 2. The summed E-state index contributed by atoms with van der Waals surface area (Å²) < 4.78 is 6.75. The van der Waals surface area contributed by atoms with Gasteiger partial charge in [0.25, 0.3) is 0 Å². The number of hydrogen-bond donors (Lipinski definition) is 4. The third-order valence-corrected chi connectivity index (χ3v) is 11.8. The molecule has 1 amide bonds. The molecule has 0 radical (unpaired) electrons. The molecule has 0 unspecified atom stereocenters. The van der Waals surface area contributed by atoms with E-state index in [1.807, 2.05) is 55.5 Å². The molecule has 0 bridgehead atoms. The Balaban J connectivity index is 1.09. The minimum atomic E-state index is -0.724. The number of fused-ring (bicyclic) bond motifs is 1. The summed E-state index contributed by atoms with van der Waals surface area (Å²) in [7, 11) is 1.61. The van der Waals surface area contributed by atoms with Gasteiger partial charge in [-0.3, -0.25) is 14.5 Å². The highest BCUT2D eigenvalue weighted by Crippen LogP contribution is 2.43. The summed E-state index contributed by atoms with van der Waals surface area (Å²) in [6, 6.07) is 15.7. The highest BCUT2D eigenvalue weighted by atomic mass is 35.5. The number of aliphatic carboxylic acids is 1. The molecule has 7 rings (SSSR count). The lowest BCUT2D eigenvalue weighted by Crippen LogP contribution is -2.35. The molecule has 2 aliphatic heterocycles. The third-order valence-electron chi connectivity index (χ3n) is 9.98. The lowest BCUT2D eigenvalue weighted by Gasteiger charge is -2.30. The van der Waals surface area contributed by atoms with Gasteiger partial charge in [0, 0.05) is 60.4 Å². The van der Waals surface area contributed by atoms with Crippen molar-refractivity contribution in [3.63, 3.8) is 0 Å². The van der Waals surface area contributed by atoms with Crippen molar-refractivity contribution in [2.75, 3.05) is 32.1 Å². The van der Waals surface area contributed by atoms with Crippen molar-refractivity contribution in [3.05, 3.63) is 80.9 Å². The van der Waals surface area contributed by atoms with Gasteiger partial charge >= 0.3 is 5.97 Å². The molecule has 0 saturated carbocycles. The molecule has 0 spiro atoms. The zero-order valence-corrected chi connectivity index (χ0v) is 31.9. The Labute approximate surface area is 322 Å². The lowest BCUT2D eigenvalue weighted by atomic mass is 9.94. The van der Waals surface area contributed by atoms with Gasteiger partial charge in [-0.05, 0) is 69.0 Å². The number of nitrogens with zero attached hydrogens (tertiary/aromatic N) is 4. The minimum Gasteiger partial charge on any atom is -0.481 e. The average Bonchev–Trinajstić information content (AvgIpc) is 3.76. The SMILES string of the molecule is COc1nc(-c2cccc(-c3cccc(Nc4nccc5sc(CN6CCC(CC(=O)O)CC6)nc45)c3Cl)c2Cl)cc(C)c1CNC[C@@H]1CCC(=O)N1. The van der Waals surface area contributed by atoms with E-state index >= 15 is 0 Å². The monoisotopic (exact) mass is 773 g/mol. The van der Waals surface area contributed by atoms with E-state index < -0.39 is 5.97 Å². The predicted octanol–water partition coefficient (Wildman–Crippen LogP) is 7.84. The first-order valence-electron chi connectivity index (χ1n) is 17.7. The van der Waals surface area contributed by atoms with E-state index in [0.717, 1.165) is 75.4 Å². The number of ether oxygens (including phenoxy) is 1. The van der Waals surface area contributed by atoms with Crippen molar-refractivity contribution in [1.82, 2.24) is 30.5 Å². The van der Waals surface area contributed by atoms with Crippen LogP contribution < -0.4 is 20.7 Å². The molecule has 276 valence electrons.